The van der Waals surface area contributed by atoms with Crippen LogP contribution in [0.2, 0.25) is 0 Å². The van der Waals surface area contributed by atoms with Gasteiger partial charge in [0, 0.05) is 6.42 Å². The van der Waals surface area contributed by atoms with Gasteiger partial charge in [-0.2, -0.15) is 0 Å². The van der Waals surface area contributed by atoms with Gasteiger partial charge in [-0.15, -0.1) is 0 Å². The van der Waals surface area contributed by atoms with E-state index in [9.17, 15) is 9.59 Å². The highest BCUT2D eigenvalue weighted by atomic mass is 16.5. The fraction of sp³-hybridized carbons (Fsp3) is 0.200. The van der Waals surface area contributed by atoms with Crippen molar-refractivity contribution in [3.63, 3.8) is 0 Å². The summed E-state index contributed by atoms with van der Waals surface area (Å²) >= 11 is 0. The summed E-state index contributed by atoms with van der Waals surface area (Å²) < 4.78 is 10.9. The van der Waals surface area contributed by atoms with Crippen molar-refractivity contribution in [3.8, 4) is 5.75 Å². The van der Waals surface area contributed by atoms with Crippen LogP contribution >= 0.6 is 0 Å². The Kier molecular flexibility index (Phi) is 8.49. The lowest BCUT2D eigenvalue weighted by Gasteiger charge is -2.19. The Morgan fingerprint density at radius 3 is 2.00 bits per heavy atom. The Morgan fingerprint density at radius 1 is 0.774 bits per heavy atom. The van der Waals surface area contributed by atoms with Crippen molar-refractivity contribution in [1.29, 1.82) is 0 Å². The van der Waals surface area contributed by atoms with Crippen LogP contribution in [-0.4, -0.2) is 31.2 Å². The number of alkyl carbamates (subject to hydrolysis) is 1. The van der Waals surface area contributed by atoms with Crippen LogP contribution in [0.5, 0.6) is 5.75 Å². The van der Waals surface area contributed by atoms with E-state index in [1.54, 1.807) is 0 Å². The number of carbonyl (C=O) groups is 2. The maximum Gasteiger partial charge on any atom is 0.408 e. The molecule has 0 aliphatic rings. The highest BCUT2D eigenvalue weighted by molar-refractivity contribution is 5.85. The first-order valence-corrected chi connectivity index (χ1v) is 10.2. The molecule has 0 spiro atoms. The monoisotopic (exact) mass is 418 g/mol. The van der Waals surface area contributed by atoms with E-state index in [4.69, 9.17) is 9.47 Å². The highest BCUT2D eigenvalue weighted by Crippen LogP contribution is 2.08. The van der Waals surface area contributed by atoms with Crippen LogP contribution < -0.4 is 15.4 Å². The number of carbonyl (C=O) groups excluding carboxylic acids is 2. The third-order valence-corrected chi connectivity index (χ3v) is 4.52. The van der Waals surface area contributed by atoms with Gasteiger partial charge in [0.1, 0.15) is 25.0 Å². The predicted molar refractivity (Wildman–Crippen MR) is 119 cm³/mol. The Morgan fingerprint density at radius 2 is 1.35 bits per heavy atom. The minimum absolute atomic E-state index is 0.136. The van der Waals surface area contributed by atoms with E-state index in [0.717, 1.165) is 16.9 Å². The van der Waals surface area contributed by atoms with Gasteiger partial charge in [0.2, 0.25) is 5.91 Å². The zero-order valence-corrected chi connectivity index (χ0v) is 17.2. The topological polar surface area (TPSA) is 76.7 Å². The first kappa shape index (κ1) is 21.9. The van der Waals surface area contributed by atoms with Gasteiger partial charge >= 0.3 is 6.09 Å². The van der Waals surface area contributed by atoms with Crippen molar-refractivity contribution < 1.29 is 19.1 Å². The van der Waals surface area contributed by atoms with Gasteiger partial charge in [0.15, 0.2) is 0 Å². The van der Waals surface area contributed by atoms with Crippen LogP contribution in [0, 0.1) is 0 Å². The van der Waals surface area contributed by atoms with Gasteiger partial charge < -0.3 is 20.1 Å². The molecule has 6 heteroatoms. The normalized spacial score (nSPS) is 11.2. The molecule has 0 heterocycles. The molecule has 0 fully saturated rings. The fourth-order valence-corrected chi connectivity index (χ4v) is 2.95. The Bertz CT molecular complexity index is 934. The molecular formula is C25H26N2O4. The van der Waals surface area contributed by atoms with Crippen LogP contribution in [0.3, 0.4) is 0 Å². The summed E-state index contributed by atoms with van der Waals surface area (Å²) in [4.78, 5) is 25.0. The second-order valence-electron chi connectivity index (χ2n) is 6.90. The van der Waals surface area contributed by atoms with Crippen LogP contribution in [0.25, 0.3) is 0 Å². The van der Waals surface area contributed by atoms with E-state index in [0.29, 0.717) is 19.6 Å². The molecule has 0 unspecified atom stereocenters. The molecule has 2 amide bonds. The Balaban J connectivity index is 1.52. The summed E-state index contributed by atoms with van der Waals surface area (Å²) in [6.07, 6.45) is -0.285. The van der Waals surface area contributed by atoms with E-state index in [2.05, 4.69) is 10.6 Å². The van der Waals surface area contributed by atoms with Gasteiger partial charge in [0.05, 0.1) is 6.54 Å². The Hall–Kier alpha value is -3.80. The maximum atomic E-state index is 12.7. The third kappa shape index (κ3) is 7.85. The standard InChI is InChI=1S/C25H26N2O4/c28-24(26-16-17-30-22-14-8-3-9-15-22)23(18-20-10-4-1-5-11-20)27-25(29)31-19-21-12-6-2-7-13-21/h1-15,23H,16-19H2,(H,26,28)(H,27,29)/t23-/m1/s1. The minimum atomic E-state index is -0.762. The van der Waals surface area contributed by atoms with E-state index < -0.39 is 12.1 Å². The van der Waals surface area contributed by atoms with E-state index in [-0.39, 0.29) is 12.5 Å². The number of hydrogen-bond donors (Lipinski definition) is 2. The molecule has 3 aromatic carbocycles. The lowest BCUT2D eigenvalue weighted by atomic mass is 10.1. The molecule has 0 bridgehead atoms. The van der Waals surface area contributed by atoms with Crippen molar-refractivity contribution >= 4 is 12.0 Å². The molecule has 2 N–H and O–H groups in total. The largest absolute Gasteiger partial charge is 0.492 e. The van der Waals surface area contributed by atoms with Crippen molar-refractivity contribution in [2.24, 2.45) is 0 Å². The number of para-hydroxylation sites is 1. The minimum Gasteiger partial charge on any atom is -0.492 e. The molecule has 3 aromatic rings. The molecule has 0 aliphatic heterocycles. The van der Waals surface area contributed by atoms with Crippen molar-refractivity contribution in [2.75, 3.05) is 13.2 Å². The van der Waals surface area contributed by atoms with Gasteiger partial charge in [-0.3, -0.25) is 4.79 Å². The molecule has 0 saturated carbocycles. The summed E-state index contributed by atoms with van der Waals surface area (Å²) in [5.41, 5.74) is 1.81. The molecule has 160 valence electrons. The SMILES string of the molecule is O=C(N[C@H](Cc1ccccc1)C(=O)NCCOc1ccccc1)OCc1ccccc1. The maximum absolute atomic E-state index is 12.7. The molecule has 1 atom stereocenters. The van der Waals surface area contributed by atoms with E-state index >= 15 is 0 Å². The lowest BCUT2D eigenvalue weighted by molar-refractivity contribution is -0.123. The quantitative estimate of drug-likeness (QED) is 0.492. The van der Waals surface area contributed by atoms with Crippen LogP contribution in [-0.2, 0) is 22.6 Å². The number of nitrogens with one attached hydrogen (secondary N) is 2. The number of benzene rings is 3. The highest BCUT2D eigenvalue weighted by Gasteiger charge is 2.21. The number of amides is 2. The predicted octanol–water partition coefficient (Wildman–Crippen LogP) is 3.72. The molecule has 0 aliphatic carbocycles. The van der Waals surface area contributed by atoms with E-state index in [1.807, 2.05) is 91.0 Å². The molecule has 0 radical (unpaired) electrons. The molecular weight excluding hydrogens is 392 g/mol. The van der Waals surface area contributed by atoms with E-state index in [1.165, 1.54) is 0 Å². The summed E-state index contributed by atoms with van der Waals surface area (Å²) in [6, 6.07) is 27.5. The van der Waals surface area contributed by atoms with Crippen molar-refractivity contribution in [1.82, 2.24) is 10.6 Å². The summed E-state index contributed by atoms with van der Waals surface area (Å²) in [5, 5.41) is 5.50. The van der Waals surface area contributed by atoms with Gasteiger partial charge in [-0.25, -0.2) is 4.79 Å². The molecule has 0 aromatic heterocycles. The van der Waals surface area contributed by atoms with Crippen LogP contribution in [0.1, 0.15) is 11.1 Å². The Labute approximate surface area is 182 Å². The summed E-state index contributed by atoms with van der Waals surface area (Å²) in [7, 11) is 0. The second-order valence-corrected chi connectivity index (χ2v) is 6.90. The zero-order valence-electron chi connectivity index (χ0n) is 17.2. The lowest BCUT2D eigenvalue weighted by Crippen LogP contribution is -2.48. The number of rotatable bonds is 10. The molecule has 6 nitrogen and oxygen atoms in total. The third-order valence-electron chi connectivity index (χ3n) is 4.52. The summed E-state index contributed by atoms with van der Waals surface area (Å²) in [5.74, 6) is 0.442. The van der Waals surface area contributed by atoms with Gasteiger partial charge in [-0.1, -0.05) is 78.9 Å². The molecule has 3 rings (SSSR count). The number of hydrogen-bond acceptors (Lipinski definition) is 4. The second kappa shape index (κ2) is 12.0. The van der Waals surface area contributed by atoms with Crippen LogP contribution in [0.15, 0.2) is 91.0 Å². The van der Waals surface area contributed by atoms with Crippen molar-refractivity contribution in [3.05, 3.63) is 102 Å². The van der Waals surface area contributed by atoms with Crippen LogP contribution in [0.4, 0.5) is 4.79 Å². The molecule has 0 saturated heterocycles. The molecule has 31 heavy (non-hydrogen) atoms. The summed E-state index contributed by atoms with van der Waals surface area (Å²) in [6.45, 7) is 0.781. The van der Waals surface area contributed by atoms with Gasteiger partial charge in [-0.05, 0) is 23.3 Å². The number of ether oxygens (including phenoxy) is 2. The first-order chi connectivity index (χ1) is 15.2. The fourth-order valence-electron chi connectivity index (χ4n) is 2.95. The average Bonchev–Trinajstić information content (AvgIpc) is 2.82. The smallest absolute Gasteiger partial charge is 0.408 e. The zero-order chi connectivity index (χ0) is 21.7. The van der Waals surface area contributed by atoms with Gasteiger partial charge in [0.25, 0.3) is 0 Å². The first-order valence-electron chi connectivity index (χ1n) is 10.2. The average molecular weight is 418 g/mol. The van der Waals surface area contributed by atoms with Crippen molar-refractivity contribution in [2.45, 2.75) is 19.1 Å².